The van der Waals surface area contributed by atoms with Gasteiger partial charge in [0.15, 0.2) is 0 Å². The normalized spacial score (nSPS) is 18.9. The molecule has 1 aromatic heterocycles. The Labute approximate surface area is 202 Å². The zero-order valence-corrected chi connectivity index (χ0v) is 19.9. The summed E-state index contributed by atoms with van der Waals surface area (Å²) in [5.41, 5.74) is 1.55. The molecule has 3 heterocycles. The number of carbonyl (C=O) groups excluding carboxylic acids is 2. The van der Waals surface area contributed by atoms with Gasteiger partial charge >= 0.3 is 6.09 Å². The maximum absolute atomic E-state index is 15.0. The zero-order valence-electron chi connectivity index (χ0n) is 19.0. The zero-order chi connectivity index (χ0) is 25.0. The maximum Gasteiger partial charge on any atom is 0.414 e. The van der Waals surface area contributed by atoms with Crippen molar-refractivity contribution in [3.63, 3.8) is 0 Å². The molecule has 12 heteroatoms. The summed E-state index contributed by atoms with van der Waals surface area (Å²) in [5, 5.41) is 0. The van der Waals surface area contributed by atoms with E-state index < -0.39 is 28.1 Å². The van der Waals surface area contributed by atoms with Crippen molar-refractivity contribution in [2.45, 2.75) is 6.10 Å². The van der Waals surface area contributed by atoms with Crippen molar-refractivity contribution in [2.75, 3.05) is 55.4 Å². The van der Waals surface area contributed by atoms with Crippen molar-refractivity contribution in [3.8, 4) is 0 Å². The highest BCUT2D eigenvalue weighted by atomic mass is 32.2. The summed E-state index contributed by atoms with van der Waals surface area (Å²) >= 11 is 0. The minimum Gasteiger partial charge on any atom is -0.441 e. The Balaban J connectivity index is 1.33. The van der Waals surface area contributed by atoms with E-state index in [1.165, 1.54) is 17.0 Å². The van der Waals surface area contributed by atoms with E-state index >= 15 is 0 Å². The van der Waals surface area contributed by atoms with Crippen molar-refractivity contribution >= 4 is 39.6 Å². The van der Waals surface area contributed by atoms with E-state index in [-0.39, 0.29) is 19.1 Å². The van der Waals surface area contributed by atoms with Crippen LogP contribution in [0.1, 0.15) is 5.56 Å². The van der Waals surface area contributed by atoms with Gasteiger partial charge in [-0.05, 0) is 42.0 Å². The number of amides is 2. The quantitative estimate of drug-likeness (QED) is 0.415. The fourth-order valence-corrected chi connectivity index (χ4v) is 4.25. The molecule has 35 heavy (non-hydrogen) atoms. The van der Waals surface area contributed by atoms with Crippen molar-refractivity contribution in [1.29, 1.82) is 0 Å². The molecule has 1 aromatic carbocycles. The van der Waals surface area contributed by atoms with Crippen LogP contribution in [0.25, 0.3) is 6.08 Å². The number of carbonyl (C=O) groups is 2. The summed E-state index contributed by atoms with van der Waals surface area (Å²) < 4.78 is 47.0. The number of pyridine rings is 1. The molecular weight excluding hydrogens is 479 g/mol. The minimum atomic E-state index is -3.67. The lowest BCUT2D eigenvalue weighted by molar-refractivity contribution is -0.126. The van der Waals surface area contributed by atoms with Gasteiger partial charge in [0.2, 0.25) is 5.91 Å². The fraction of sp³-hybridized carbons (Fsp3) is 0.348. The van der Waals surface area contributed by atoms with Gasteiger partial charge in [0.25, 0.3) is 10.1 Å². The van der Waals surface area contributed by atoms with Crippen LogP contribution in [0.5, 0.6) is 0 Å². The predicted molar refractivity (Wildman–Crippen MR) is 127 cm³/mol. The molecule has 0 spiro atoms. The van der Waals surface area contributed by atoms with Gasteiger partial charge in [-0.15, -0.1) is 0 Å². The highest BCUT2D eigenvalue weighted by molar-refractivity contribution is 7.85. The number of ether oxygens (including phenoxy) is 1. The van der Waals surface area contributed by atoms with E-state index in [0.29, 0.717) is 37.6 Å². The number of anilines is 2. The molecule has 2 amide bonds. The smallest absolute Gasteiger partial charge is 0.414 e. The van der Waals surface area contributed by atoms with E-state index in [1.54, 1.807) is 47.6 Å². The van der Waals surface area contributed by atoms with Gasteiger partial charge in [-0.1, -0.05) is 0 Å². The van der Waals surface area contributed by atoms with Gasteiger partial charge in [-0.3, -0.25) is 18.9 Å². The number of cyclic esters (lactones) is 1. The van der Waals surface area contributed by atoms with Crippen LogP contribution in [-0.4, -0.2) is 82.0 Å². The summed E-state index contributed by atoms with van der Waals surface area (Å²) in [7, 11) is -3.67. The Hall–Kier alpha value is -3.51. The van der Waals surface area contributed by atoms with Crippen LogP contribution in [0.2, 0.25) is 0 Å². The average molecular weight is 505 g/mol. The first kappa shape index (κ1) is 24.6. The molecule has 10 nitrogen and oxygen atoms in total. The molecule has 2 aromatic rings. The van der Waals surface area contributed by atoms with Crippen molar-refractivity contribution in [3.05, 3.63) is 60.2 Å². The minimum absolute atomic E-state index is 0.0426. The Morgan fingerprint density at radius 1 is 1.20 bits per heavy atom. The number of rotatable bonds is 7. The van der Waals surface area contributed by atoms with Gasteiger partial charge in [0, 0.05) is 44.6 Å². The fourth-order valence-electron chi connectivity index (χ4n) is 3.85. The van der Waals surface area contributed by atoms with Crippen LogP contribution in [0.15, 0.2) is 48.8 Å². The summed E-state index contributed by atoms with van der Waals surface area (Å²) in [4.78, 5) is 33.4. The molecule has 1 atom stereocenters. The Morgan fingerprint density at radius 2 is 1.91 bits per heavy atom. The molecule has 0 radical (unpaired) electrons. The molecule has 186 valence electrons. The molecule has 2 fully saturated rings. The SMILES string of the molecule is CS(=O)(=O)OC[C@H]1CN(c2ccc(N3CCN(C(=O)/C=C/c4ccncc4)CC3)c(F)c2)C(=O)O1. The molecule has 4 rings (SSSR count). The third kappa shape index (κ3) is 6.34. The highest BCUT2D eigenvalue weighted by Gasteiger charge is 2.34. The number of hydrogen-bond donors (Lipinski definition) is 0. The number of aromatic nitrogens is 1. The van der Waals surface area contributed by atoms with Gasteiger partial charge in [-0.25, -0.2) is 9.18 Å². The third-order valence-electron chi connectivity index (χ3n) is 5.64. The van der Waals surface area contributed by atoms with Gasteiger partial charge in [0.05, 0.1) is 24.2 Å². The lowest BCUT2D eigenvalue weighted by atomic mass is 10.2. The van der Waals surface area contributed by atoms with Gasteiger partial charge < -0.3 is 14.5 Å². The third-order valence-corrected chi connectivity index (χ3v) is 6.21. The average Bonchev–Trinajstić information content (AvgIpc) is 3.22. The summed E-state index contributed by atoms with van der Waals surface area (Å²) in [6, 6.07) is 8.04. The van der Waals surface area contributed by atoms with Crippen LogP contribution in [0, 0.1) is 5.82 Å². The van der Waals surface area contributed by atoms with E-state index in [4.69, 9.17) is 4.74 Å². The molecule has 2 aliphatic rings. The predicted octanol–water partition coefficient (Wildman–Crippen LogP) is 1.88. The Bertz CT molecular complexity index is 1220. The number of nitrogens with zero attached hydrogens (tertiary/aromatic N) is 4. The molecule has 0 saturated carbocycles. The van der Waals surface area contributed by atoms with Gasteiger partial charge in [-0.2, -0.15) is 8.42 Å². The van der Waals surface area contributed by atoms with E-state index in [2.05, 4.69) is 9.17 Å². The van der Waals surface area contributed by atoms with Gasteiger partial charge in [0.1, 0.15) is 18.5 Å². The summed E-state index contributed by atoms with van der Waals surface area (Å²) in [6.45, 7) is 1.55. The number of piperazine rings is 1. The molecular formula is C23H25FN4O6S. The number of halogens is 1. The summed E-state index contributed by atoms with van der Waals surface area (Å²) in [6.07, 6.45) is 5.98. The molecule has 2 aliphatic heterocycles. The van der Waals surface area contributed by atoms with E-state index in [0.717, 1.165) is 11.8 Å². The monoisotopic (exact) mass is 504 g/mol. The Kier molecular flexibility index (Phi) is 7.31. The van der Waals surface area contributed by atoms with Crippen LogP contribution < -0.4 is 9.80 Å². The second-order valence-corrected chi connectivity index (χ2v) is 9.81. The largest absolute Gasteiger partial charge is 0.441 e. The highest BCUT2D eigenvalue weighted by Crippen LogP contribution is 2.28. The first-order valence-electron chi connectivity index (χ1n) is 10.9. The molecule has 0 unspecified atom stereocenters. The lowest BCUT2D eigenvalue weighted by Gasteiger charge is -2.36. The van der Waals surface area contributed by atoms with Crippen molar-refractivity contribution < 1.29 is 31.3 Å². The topological polar surface area (TPSA) is 109 Å². The second-order valence-electron chi connectivity index (χ2n) is 8.17. The first-order chi connectivity index (χ1) is 16.7. The maximum atomic E-state index is 15.0. The first-order valence-corrected chi connectivity index (χ1v) is 12.8. The number of benzene rings is 1. The lowest BCUT2D eigenvalue weighted by Crippen LogP contribution is -2.48. The summed E-state index contributed by atoms with van der Waals surface area (Å²) in [5.74, 6) is -0.622. The second kappa shape index (κ2) is 10.4. The van der Waals surface area contributed by atoms with Crippen LogP contribution in [0.3, 0.4) is 0 Å². The molecule has 0 N–H and O–H groups in total. The van der Waals surface area contributed by atoms with Crippen LogP contribution >= 0.6 is 0 Å². The number of hydrogen-bond acceptors (Lipinski definition) is 8. The Morgan fingerprint density at radius 3 is 2.57 bits per heavy atom. The molecule has 0 aliphatic carbocycles. The van der Waals surface area contributed by atoms with E-state index in [9.17, 15) is 22.4 Å². The standard InChI is InChI=1S/C23H25FN4O6S/c1-35(31,32)33-16-19-15-28(23(30)34-19)18-3-4-21(20(24)14-18)26-10-12-27(13-11-26)22(29)5-2-17-6-8-25-9-7-17/h2-9,14,19H,10-13,15-16H2,1H3/b5-2+/t19-/m1/s1. The molecule has 0 bridgehead atoms. The van der Waals surface area contributed by atoms with Crippen LogP contribution in [-0.2, 0) is 23.8 Å². The van der Waals surface area contributed by atoms with E-state index in [1.807, 2.05) is 4.90 Å². The van der Waals surface area contributed by atoms with Crippen molar-refractivity contribution in [2.24, 2.45) is 0 Å². The van der Waals surface area contributed by atoms with Crippen molar-refractivity contribution in [1.82, 2.24) is 9.88 Å². The molecule has 2 saturated heterocycles. The van der Waals surface area contributed by atoms with Crippen LogP contribution in [0.4, 0.5) is 20.6 Å².